The number of aromatic nitrogens is 2. The molecule has 1 saturated heterocycles. The summed E-state index contributed by atoms with van der Waals surface area (Å²) in [6, 6.07) is 14.9. The van der Waals surface area contributed by atoms with Gasteiger partial charge in [-0.05, 0) is 61.0 Å². The zero-order chi connectivity index (χ0) is 24.1. The number of nitrogens with zero attached hydrogens (tertiary/aromatic N) is 4. The van der Waals surface area contributed by atoms with E-state index in [1.807, 2.05) is 48.2 Å². The van der Waals surface area contributed by atoms with Crippen LogP contribution in [-0.4, -0.2) is 68.0 Å². The van der Waals surface area contributed by atoms with Gasteiger partial charge in [0.2, 0.25) is 0 Å². The van der Waals surface area contributed by atoms with Gasteiger partial charge >= 0.3 is 0 Å². The van der Waals surface area contributed by atoms with E-state index < -0.39 is 0 Å². The van der Waals surface area contributed by atoms with E-state index in [0.717, 1.165) is 22.6 Å². The van der Waals surface area contributed by atoms with Crippen LogP contribution >= 0.6 is 11.6 Å². The Morgan fingerprint density at radius 3 is 2.35 bits per heavy atom. The molecule has 1 amide bonds. The van der Waals surface area contributed by atoms with Crippen LogP contribution in [0.4, 0.5) is 5.82 Å². The Morgan fingerprint density at radius 1 is 0.941 bits per heavy atom. The summed E-state index contributed by atoms with van der Waals surface area (Å²) in [6.45, 7) is 4.45. The van der Waals surface area contributed by atoms with Crippen LogP contribution in [-0.2, 0) is 4.79 Å². The summed E-state index contributed by atoms with van der Waals surface area (Å²) in [7, 11) is 3.21. The average molecular weight is 483 g/mol. The summed E-state index contributed by atoms with van der Waals surface area (Å²) in [5, 5.41) is 9.47. The minimum absolute atomic E-state index is 0.000891. The van der Waals surface area contributed by atoms with Crippen molar-refractivity contribution < 1.29 is 19.0 Å². The maximum atomic E-state index is 12.6. The highest BCUT2D eigenvalue weighted by molar-refractivity contribution is 6.31. The number of aryl methyl sites for hydroxylation is 1. The van der Waals surface area contributed by atoms with Crippen molar-refractivity contribution in [3.63, 3.8) is 0 Å². The summed E-state index contributed by atoms with van der Waals surface area (Å²) in [4.78, 5) is 16.5. The van der Waals surface area contributed by atoms with Crippen LogP contribution < -0.4 is 19.1 Å². The fraction of sp³-hybridized carbons (Fsp3) is 0.320. The second kappa shape index (κ2) is 10.6. The maximum Gasteiger partial charge on any atom is 0.260 e. The van der Waals surface area contributed by atoms with Gasteiger partial charge in [-0.15, -0.1) is 10.2 Å². The SMILES string of the molecule is COc1ccc(-c2ccc(N3CCN(C(=O)COc4ccc(Cl)c(C)c4)CC3)nn2)cc1OC. The van der Waals surface area contributed by atoms with E-state index in [1.165, 1.54) is 0 Å². The molecular weight excluding hydrogens is 456 g/mol. The third-order valence-corrected chi connectivity index (χ3v) is 6.20. The molecule has 0 bridgehead atoms. The molecule has 1 aromatic heterocycles. The number of hydrogen-bond acceptors (Lipinski definition) is 7. The zero-order valence-electron chi connectivity index (χ0n) is 19.5. The molecule has 0 N–H and O–H groups in total. The van der Waals surface area contributed by atoms with Crippen molar-refractivity contribution in [2.24, 2.45) is 0 Å². The average Bonchev–Trinajstić information content (AvgIpc) is 2.89. The van der Waals surface area contributed by atoms with Gasteiger partial charge in [0.15, 0.2) is 23.9 Å². The van der Waals surface area contributed by atoms with Crippen molar-refractivity contribution in [1.82, 2.24) is 15.1 Å². The highest BCUT2D eigenvalue weighted by Crippen LogP contribution is 2.31. The van der Waals surface area contributed by atoms with Crippen LogP contribution in [0.25, 0.3) is 11.3 Å². The van der Waals surface area contributed by atoms with E-state index in [4.69, 9.17) is 25.8 Å². The number of methoxy groups -OCH3 is 2. The van der Waals surface area contributed by atoms with Gasteiger partial charge in [0.1, 0.15) is 5.75 Å². The molecule has 9 heteroatoms. The van der Waals surface area contributed by atoms with Crippen molar-refractivity contribution in [2.75, 3.05) is 51.9 Å². The van der Waals surface area contributed by atoms with Gasteiger partial charge < -0.3 is 24.0 Å². The van der Waals surface area contributed by atoms with E-state index >= 15 is 0 Å². The molecule has 1 fully saturated rings. The number of rotatable bonds is 7. The highest BCUT2D eigenvalue weighted by atomic mass is 35.5. The molecule has 3 aromatic rings. The number of ether oxygens (including phenoxy) is 3. The molecule has 2 aromatic carbocycles. The summed E-state index contributed by atoms with van der Waals surface area (Å²) in [5.41, 5.74) is 2.55. The van der Waals surface area contributed by atoms with Crippen LogP contribution in [0.5, 0.6) is 17.2 Å². The third kappa shape index (κ3) is 5.34. The molecule has 0 saturated carbocycles. The van der Waals surface area contributed by atoms with Crippen LogP contribution in [0.3, 0.4) is 0 Å². The minimum atomic E-state index is -0.0397. The molecule has 0 spiro atoms. The molecule has 2 heterocycles. The number of carbonyl (C=O) groups excluding carboxylic acids is 1. The highest BCUT2D eigenvalue weighted by Gasteiger charge is 2.22. The number of amides is 1. The molecule has 0 aliphatic carbocycles. The Kier molecular flexibility index (Phi) is 7.37. The fourth-order valence-electron chi connectivity index (χ4n) is 3.77. The van der Waals surface area contributed by atoms with E-state index in [9.17, 15) is 4.79 Å². The van der Waals surface area contributed by atoms with Gasteiger partial charge in [0.05, 0.1) is 19.9 Å². The van der Waals surface area contributed by atoms with Crippen molar-refractivity contribution >= 4 is 23.3 Å². The van der Waals surface area contributed by atoms with Crippen molar-refractivity contribution in [3.05, 3.63) is 59.1 Å². The molecule has 8 nitrogen and oxygen atoms in total. The largest absolute Gasteiger partial charge is 0.493 e. The Bertz CT molecular complexity index is 1150. The lowest BCUT2D eigenvalue weighted by Gasteiger charge is -2.35. The first-order valence-corrected chi connectivity index (χ1v) is 11.3. The van der Waals surface area contributed by atoms with Gasteiger partial charge in [-0.3, -0.25) is 4.79 Å². The van der Waals surface area contributed by atoms with Gasteiger partial charge in [-0.2, -0.15) is 0 Å². The van der Waals surface area contributed by atoms with Gasteiger partial charge in [0, 0.05) is 36.8 Å². The fourth-order valence-corrected chi connectivity index (χ4v) is 3.89. The first-order valence-electron chi connectivity index (χ1n) is 11.0. The number of carbonyl (C=O) groups is 1. The topological polar surface area (TPSA) is 77.0 Å². The number of anilines is 1. The maximum absolute atomic E-state index is 12.6. The van der Waals surface area contributed by atoms with Crippen LogP contribution in [0.2, 0.25) is 5.02 Å². The number of piperazine rings is 1. The van der Waals surface area contributed by atoms with Gasteiger partial charge in [-0.25, -0.2) is 0 Å². The monoisotopic (exact) mass is 482 g/mol. The van der Waals surface area contributed by atoms with Crippen LogP contribution in [0.15, 0.2) is 48.5 Å². The lowest BCUT2D eigenvalue weighted by Crippen LogP contribution is -2.50. The second-order valence-corrected chi connectivity index (χ2v) is 8.32. The zero-order valence-corrected chi connectivity index (χ0v) is 20.2. The molecule has 0 unspecified atom stereocenters. The molecule has 178 valence electrons. The Balaban J connectivity index is 1.31. The van der Waals surface area contributed by atoms with Crippen molar-refractivity contribution in [2.45, 2.75) is 6.92 Å². The lowest BCUT2D eigenvalue weighted by molar-refractivity contribution is -0.133. The van der Waals surface area contributed by atoms with E-state index in [0.29, 0.717) is 48.5 Å². The smallest absolute Gasteiger partial charge is 0.260 e. The molecule has 4 rings (SSSR count). The molecule has 0 radical (unpaired) electrons. The summed E-state index contributed by atoms with van der Waals surface area (Å²) in [6.07, 6.45) is 0. The van der Waals surface area contributed by atoms with E-state index in [2.05, 4.69) is 15.1 Å². The Morgan fingerprint density at radius 2 is 1.71 bits per heavy atom. The lowest BCUT2D eigenvalue weighted by atomic mass is 10.1. The third-order valence-electron chi connectivity index (χ3n) is 5.78. The molecular formula is C25H27ClN4O4. The van der Waals surface area contributed by atoms with Crippen molar-refractivity contribution in [3.8, 4) is 28.5 Å². The van der Waals surface area contributed by atoms with Crippen LogP contribution in [0.1, 0.15) is 5.56 Å². The van der Waals surface area contributed by atoms with Gasteiger partial charge in [0.25, 0.3) is 5.91 Å². The molecule has 34 heavy (non-hydrogen) atoms. The number of benzene rings is 2. The predicted molar refractivity (Wildman–Crippen MR) is 131 cm³/mol. The Hall–Kier alpha value is -3.52. The quantitative estimate of drug-likeness (QED) is 0.506. The number of hydrogen-bond donors (Lipinski definition) is 0. The first kappa shape index (κ1) is 23.6. The summed E-state index contributed by atoms with van der Waals surface area (Å²) in [5.74, 6) is 2.68. The minimum Gasteiger partial charge on any atom is -0.493 e. The normalized spacial score (nSPS) is 13.5. The first-order chi connectivity index (χ1) is 16.5. The molecule has 0 atom stereocenters. The van der Waals surface area contributed by atoms with E-state index in [1.54, 1.807) is 26.4 Å². The molecule has 1 aliphatic rings. The molecule has 1 aliphatic heterocycles. The van der Waals surface area contributed by atoms with E-state index in [-0.39, 0.29) is 12.5 Å². The summed E-state index contributed by atoms with van der Waals surface area (Å²) >= 11 is 6.04. The summed E-state index contributed by atoms with van der Waals surface area (Å²) < 4.78 is 16.3. The van der Waals surface area contributed by atoms with Gasteiger partial charge in [-0.1, -0.05) is 11.6 Å². The number of halogens is 1. The van der Waals surface area contributed by atoms with Crippen molar-refractivity contribution in [1.29, 1.82) is 0 Å². The van der Waals surface area contributed by atoms with Crippen LogP contribution in [0, 0.1) is 6.92 Å². The standard InChI is InChI=1S/C25H27ClN4O4/c1-17-14-19(5-6-20(17)26)34-16-25(31)30-12-10-29(11-13-30)24-9-7-21(27-28-24)18-4-8-22(32-2)23(15-18)33-3/h4-9,14-15H,10-13,16H2,1-3H3. The Labute approximate surface area is 204 Å². The second-order valence-electron chi connectivity index (χ2n) is 7.91. The predicted octanol–water partition coefficient (Wildman–Crippen LogP) is 3.85.